The Morgan fingerprint density at radius 1 is 1.19 bits per heavy atom. The second kappa shape index (κ2) is 7.62. The molecule has 0 saturated carbocycles. The molecule has 4 heterocycles. The van der Waals surface area contributed by atoms with Crippen molar-refractivity contribution in [1.29, 1.82) is 0 Å². The molecule has 2 atom stereocenters. The minimum absolute atomic E-state index is 0.0685. The van der Waals surface area contributed by atoms with Crippen LogP contribution in [0.3, 0.4) is 0 Å². The maximum Gasteiger partial charge on any atom is 0.289 e. The van der Waals surface area contributed by atoms with Crippen LogP contribution in [0.4, 0.5) is 0 Å². The van der Waals surface area contributed by atoms with E-state index in [9.17, 15) is 4.79 Å². The van der Waals surface area contributed by atoms with Crippen LogP contribution in [0, 0.1) is 12.8 Å². The SMILES string of the molecule is Cc1cnc(C(=O)N2C[C@H]3CC[C@@H]2CN(CCCc2ccccc2)C3)[nH]1. The molecule has 3 aliphatic rings. The number of piperidine rings is 1. The molecule has 1 aromatic carbocycles. The number of benzene rings is 1. The quantitative estimate of drug-likeness (QED) is 0.900. The highest BCUT2D eigenvalue weighted by Crippen LogP contribution is 2.29. The van der Waals surface area contributed by atoms with Gasteiger partial charge in [-0.15, -0.1) is 0 Å². The summed E-state index contributed by atoms with van der Waals surface area (Å²) in [7, 11) is 0. The Kier molecular flexibility index (Phi) is 5.07. The molecule has 1 amide bonds. The molecule has 5 heteroatoms. The van der Waals surface area contributed by atoms with Crippen LogP contribution in [-0.2, 0) is 6.42 Å². The number of aromatic amines is 1. The van der Waals surface area contributed by atoms with Gasteiger partial charge in [0.05, 0.1) is 0 Å². The Morgan fingerprint density at radius 2 is 2.04 bits per heavy atom. The van der Waals surface area contributed by atoms with E-state index in [1.807, 2.05) is 6.92 Å². The number of carbonyl (C=O) groups excluding carboxylic acids is 1. The largest absolute Gasteiger partial charge is 0.338 e. The van der Waals surface area contributed by atoms with Crippen LogP contribution in [0.2, 0.25) is 0 Å². The molecule has 0 unspecified atom stereocenters. The summed E-state index contributed by atoms with van der Waals surface area (Å²) in [4.78, 5) is 24.9. The van der Waals surface area contributed by atoms with E-state index in [1.165, 1.54) is 18.4 Å². The number of H-pyrrole nitrogens is 1. The lowest BCUT2D eigenvalue weighted by atomic mass is 9.95. The van der Waals surface area contributed by atoms with Gasteiger partial charge in [0.2, 0.25) is 0 Å². The summed E-state index contributed by atoms with van der Waals surface area (Å²) < 4.78 is 0. The molecular formula is C21H28N4O. The number of nitrogens with one attached hydrogen (secondary N) is 1. The number of amides is 1. The third kappa shape index (κ3) is 3.83. The molecule has 0 spiro atoms. The second-order valence-corrected chi connectivity index (χ2v) is 7.82. The van der Waals surface area contributed by atoms with Gasteiger partial charge in [0.1, 0.15) is 0 Å². The van der Waals surface area contributed by atoms with Crippen molar-refractivity contribution in [3.8, 4) is 0 Å². The summed E-state index contributed by atoms with van der Waals surface area (Å²) in [6, 6.07) is 11.0. The Labute approximate surface area is 155 Å². The fourth-order valence-electron chi connectivity index (χ4n) is 4.42. The number of nitrogens with zero attached hydrogens (tertiary/aromatic N) is 3. The van der Waals surface area contributed by atoms with Crippen molar-refractivity contribution in [2.45, 2.75) is 38.6 Å². The number of imidazole rings is 1. The molecular weight excluding hydrogens is 324 g/mol. The summed E-state index contributed by atoms with van der Waals surface area (Å²) >= 11 is 0. The monoisotopic (exact) mass is 352 g/mol. The van der Waals surface area contributed by atoms with E-state index >= 15 is 0 Å². The maximum absolute atomic E-state index is 12.9. The molecule has 0 aliphatic carbocycles. The predicted octanol–water partition coefficient (Wildman–Crippen LogP) is 2.89. The van der Waals surface area contributed by atoms with E-state index in [-0.39, 0.29) is 5.91 Å². The Morgan fingerprint density at radius 3 is 2.81 bits per heavy atom. The fraction of sp³-hybridized carbons (Fsp3) is 0.524. The first-order chi connectivity index (χ1) is 12.7. The first-order valence-electron chi connectivity index (χ1n) is 9.78. The van der Waals surface area contributed by atoms with Crippen LogP contribution in [0.25, 0.3) is 0 Å². The number of fused-ring (bicyclic) bond motifs is 4. The summed E-state index contributed by atoms with van der Waals surface area (Å²) in [5.74, 6) is 1.15. The highest BCUT2D eigenvalue weighted by Gasteiger charge is 2.37. The lowest BCUT2D eigenvalue weighted by Gasteiger charge is -2.35. The fourth-order valence-corrected chi connectivity index (χ4v) is 4.42. The van der Waals surface area contributed by atoms with Crippen LogP contribution in [0.5, 0.6) is 0 Å². The van der Waals surface area contributed by atoms with Crippen LogP contribution in [0.15, 0.2) is 36.5 Å². The van der Waals surface area contributed by atoms with Crippen molar-refractivity contribution >= 4 is 5.91 Å². The third-order valence-electron chi connectivity index (χ3n) is 5.74. The smallest absolute Gasteiger partial charge is 0.289 e. The summed E-state index contributed by atoms with van der Waals surface area (Å²) in [5, 5.41) is 0. The van der Waals surface area contributed by atoms with Crippen LogP contribution in [0.1, 0.15) is 41.1 Å². The molecule has 26 heavy (non-hydrogen) atoms. The van der Waals surface area contributed by atoms with Crippen molar-refractivity contribution in [1.82, 2.24) is 19.8 Å². The van der Waals surface area contributed by atoms with Gasteiger partial charge < -0.3 is 14.8 Å². The van der Waals surface area contributed by atoms with E-state index < -0.39 is 0 Å². The number of hydrogen-bond acceptors (Lipinski definition) is 3. The number of carbonyl (C=O) groups is 1. The molecule has 2 bridgehead atoms. The van der Waals surface area contributed by atoms with Crippen molar-refractivity contribution in [2.75, 3.05) is 26.2 Å². The Bertz CT molecular complexity index is 741. The summed E-state index contributed by atoms with van der Waals surface area (Å²) in [6.07, 6.45) is 6.39. The molecule has 3 fully saturated rings. The van der Waals surface area contributed by atoms with Crippen LogP contribution in [-0.4, -0.2) is 57.9 Å². The van der Waals surface area contributed by atoms with E-state index in [1.54, 1.807) is 6.20 Å². The molecule has 5 rings (SSSR count). The third-order valence-corrected chi connectivity index (χ3v) is 5.74. The van der Waals surface area contributed by atoms with Gasteiger partial charge in [-0.3, -0.25) is 4.79 Å². The van der Waals surface area contributed by atoms with Gasteiger partial charge in [-0.2, -0.15) is 0 Å². The summed E-state index contributed by atoms with van der Waals surface area (Å²) in [5.41, 5.74) is 2.35. The standard InChI is InChI=1S/C21H28N4O/c1-16-12-22-20(23-16)21(26)25-14-18-9-10-19(25)15-24(13-18)11-5-8-17-6-3-2-4-7-17/h2-4,6-7,12,18-19H,5,8-11,13-15H2,1H3,(H,22,23)/t18-,19+/m0/s1. The van der Waals surface area contributed by atoms with E-state index in [0.29, 0.717) is 17.8 Å². The van der Waals surface area contributed by atoms with Gasteiger partial charge in [0.15, 0.2) is 5.82 Å². The van der Waals surface area contributed by atoms with E-state index in [0.717, 1.165) is 44.7 Å². The van der Waals surface area contributed by atoms with Crippen molar-refractivity contribution in [2.24, 2.45) is 5.92 Å². The molecule has 0 radical (unpaired) electrons. The first-order valence-corrected chi connectivity index (χ1v) is 9.78. The zero-order valence-electron chi connectivity index (χ0n) is 15.5. The molecule has 1 N–H and O–H groups in total. The molecule has 1 aromatic heterocycles. The lowest BCUT2D eigenvalue weighted by molar-refractivity contribution is 0.0573. The first kappa shape index (κ1) is 17.3. The molecule has 3 saturated heterocycles. The number of aryl methyl sites for hydroxylation is 2. The van der Waals surface area contributed by atoms with E-state index in [2.05, 4.69) is 50.1 Å². The normalized spacial score (nSPS) is 23.2. The van der Waals surface area contributed by atoms with Crippen molar-refractivity contribution < 1.29 is 4.79 Å². The highest BCUT2D eigenvalue weighted by molar-refractivity contribution is 5.91. The zero-order chi connectivity index (χ0) is 17.9. The average Bonchev–Trinajstić information content (AvgIpc) is 2.90. The number of rotatable bonds is 5. The predicted molar refractivity (Wildman–Crippen MR) is 102 cm³/mol. The Balaban J connectivity index is 1.36. The number of aromatic nitrogens is 2. The minimum Gasteiger partial charge on any atom is -0.338 e. The van der Waals surface area contributed by atoms with Gasteiger partial charge in [-0.05, 0) is 50.6 Å². The number of hydrogen-bond donors (Lipinski definition) is 1. The van der Waals surface area contributed by atoms with Gasteiger partial charge >= 0.3 is 0 Å². The van der Waals surface area contributed by atoms with Gasteiger partial charge in [-0.1, -0.05) is 30.3 Å². The highest BCUT2D eigenvalue weighted by atomic mass is 16.2. The zero-order valence-corrected chi connectivity index (χ0v) is 15.5. The average molecular weight is 352 g/mol. The summed E-state index contributed by atoms with van der Waals surface area (Å²) in [6.45, 7) is 6.04. The Hall–Kier alpha value is -2.14. The van der Waals surface area contributed by atoms with Crippen molar-refractivity contribution in [3.63, 3.8) is 0 Å². The lowest BCUT2D eigenvalue weighted by Crippen LogP contribution is -2.47. The van der Waals surface area contributed by atoms with Gasteiger partial charge in [0, 0.05) is 37.6 Å². The second-order valence-electron chi connectivity index (χ2n) is 7.82. The van der Waals surface area contributed by atoms with Gasteiger partial charge in [-0.25, -0.2) is 4.98 Å². The van der Waals surface area contributed by atoms with Crippen molar-refractivity contribution in [3.05, 3.63) is 53.6 Å². The van der Waals surface area contributed by atoms with Crippen LogP contribution < -0.4 is 0 Å². The van der Waals surface area contributed by atoms with Gasteiger partial charge in [0.25, 0.3) is 5.91 Å². The minimum atomic E-state index is 0.0685. The molecule has 3 aliphatic heterocycles. The molecule has 138 valence electrons. The van der Waals surface area contributed by atoms with Crippen LogP contribution >= 0.6 is 0 Å². The molecule has 2 aromatic rings. The van der Waals surface area contributed by atoms with E-state index in [4.69, 9.17) is 0 Å². The maximum atomic E-state index is 12.9. The molecule has 5 nitrogen and oxygen atoms in total. The topological polar surface area (TPSA) is 52.2 Å².